The van der Waals surface area contributed by atoms with Crippen molar-refractivity contribution in [3.63, 3.8) is 0 Å². The molecule has 5 heteroatoms. The number of carbonyl (C=O) groups excluding carboxylic acids is 1. The van der Waals surface area contributed by atoms with E-state index in [-0.39, 0.29) is 12.0 Å². The minimum atomic E-state index is -0.309. The van der Waals surface area contributed by atoms with E-state index in [1.165, 1.54) is 5.56 Å². The average molecular weight is 375 g/mol. The Labute approximate surface area is 144 Å². The summed E-state index contributed by atoms with van der Waals surface area (Å²) in [6.07, 6.45) is 1.44. The lowest BCUT2D eigenvalue weighted by atomic mass is 10.2. The lowest BCUT2D eigenvalue weighted by molar-refractivity contribution is -0.124. The molecule has 0 saturated carbocycles. The molecule has 1 aliphatic rings. The number of rotatable bonds is 4. The van der Waals surface area contributed by atoms with E-state index < -0.39 is 0 Å². The highest BCUT2D eigenvalue weighted by Crippen LogP contribution is 2.27. The zero-order valence-corrected chi connectivity index (χ0v) is 14.5. The van der Waals surface area contributed by atoms with Crippen molar-refractivity contribution in [2.45, 2.75) is 25.9 Å². The highest BCUT2D eigenvalue weighted by molar-refractivity contribution is 9.10. The van der Waals surface area contributed by atoms with Crippen LogP contribution in [0.4, 0.5) is 17.1 Å². The summed E-state index contributed by atoms with van der Waals surface area (Å²) in [6, 6.07) is 13.8. The van der Waals surface area contributed by atoms with Crippen LogP contribution in [0.2, 0.25) is 0 Å². The molecular formula is C18H19BrN2O2. The van der Waals surface area contributed by atoms with Crippen LogP contribution in [0.3, 0.4) is 0 Å². The van der Waals surface area contributed by atoms with Gasteiger partial charge in [0.05, 0.1) is 5.69 Å². The van der Waals surface area contributed by atoms with Crippen LogP contribution in [0.1, 0.15) is 18.4 Å². The van der Waals surface area contributed by atoms with Gasteiger partial charge in [0.25, 0.3) is 5.91 Å². The van der Waals surface area contributed by atoms with Crippen molar-refractivity contribution in [3.8, 4) is 0 Å². The van der Waals surface area contributed by atoms with Crippen LogP contribution in [-0.2, 0) is 9.53 Å². The molecular weight excluding hydrogens is 356 g/mol. The zero-order valence-electron chi connectivity index (χ0n) is 12.9. The first kappa shape index (κ1) is 16.0. The fraction of sp³-hybridized carbons (Fsp3) is 0.278. The summed E-state index contributed by atoms with van der Waals surface area (Å²) in [7, 11) is 0. The largest absolute Gasteiger partial charge is 0.368 e. The lowest BCUT2D eigenvalue weighted by Gasteiger charge is -2.12. The van der Waals surface area contributed by atoms with Gasteiger partial charge in [-0.3, -0.25) is 4.79 Å². The van der Waals surface area contributed by atoms with Crippen LogP contribution in [0.5, 0.6) is 0 Å². The second-order valence-electron chi connectivity index (χ2n) is 5.68. The normalized spacial score (nSPS) is 17.0. The molecule has 1 atom stereocenters. The topological polar surface area (TPSA) is 50.4 Å². The third-order valence-electron chi connectivity index (χ3n) is 3.78. The van der Waals surface area contributed by atoms with E-state index in [2.05, 4.69) is 45.6 Å². The maximum Gasteiger partial charge on any atom is 0.253 e. The summed E-state index contributed by atoms with van der Waals surface area (Å²) < 4.78 is 6.40. The minimum Gasteiger partial charge on any atom is -0.368 e. The Kier molecular flexibility index (Phi) is 4.98. The first-order chi connectivity index (χ1) is 11.1. The number of anilines is 3. The summed E-state index contributed by atoms with van der Waals surface area (Å²) in [6.45, 7) is 2.73. The summed E-state index contributed by atoms with van der Waals surface area (Å²) in [5.41, 5.74) is 3.95. The number of carbonyl (C=O) groups is 1. The van der Waals surface area contributed by atoms with Gasteiger partial charge in [-0.1, -0.05) is 6.07 Å². The van der Waals surface area contributed by atoms with Gasteiger partial charge in [0.1, 0.15) is 6.10 Å². The summed E-state index contributed by atoms with van der Waals surface area (Å²) in [5.74, 6) is -0.0653. The van der Waals surface area contributed by atoms with Crippen molar-refractivity contribution in [2.75, 3.05) is 17.2 Å². The Morgan fingerprint density at radius 3 is 2.57 bits per heavy atom. The van der Waals surface area contributed by atoms with Crippen LogP contribution >= 0.6 is 15.9 Å². The van der Waals surface area contributed by atoms with Gasteiger partial charge < -0.3 is 15.4 Å². The fourth-order valence-electron chi connectivity index (χ4n) is 2.52. The molecule has 1 heterocycles. The lowest BCUT2D eigenvalue weighted by Crippen LogP contribution is -2.26. The Morgan fingerprint density at radius 2 is 1.91 bits per heavy atom. The molecule has 4 nitrogen and oxygen atoms in total. The van der Waals surface area contributed by atoms with Crippen molar-refractivity contribution in [3.05, 3.63) is 52.5 Å². The van der Waals surface area contributed by atoms with Crippen LogP contribution < -0.4 is 10.6 Å². The van der Waals surface area contributed by atoms with Gasteiger partial charge in [-0.2, -0.15) is 0 Å². The van der Waals surface area contributed by atoms with Crippen LogP contribution in [0.25, 0.3) is 0 Å². The molecule has 1 fully saturated rings. The van der Waals surface area contributed by atoms with Gasteiger partial charge in [0, 0.05) is 22.5 Å². The first-order valence-corrected chi connectivity index (χ1v) is 8.47. The Morgan fingerprint density at radius 1 is 1.17 bits per heavy atom. The fourth-order valence-corrected chi connectivity index (χ4v) is 3.11. The highest BCUT2D eigenvalue weighted by Gasteiger charge is 2.23. The van der Waals surface area contributed by atoms with Crippen LogP contribution in [0.15, 0.2) is 46.9 Å². The van der Waals surface area contributed by atoms with Crippen molar-refractivity contribution in [1.82, 2.24) is 0 Å². The number of benzene rings is 2. The molecule has 1 aliphatic heterocycles. The molecule has 0 radical (unpaired) electrons. The molecule has 1 amide bonds. The van der Waals surface area contributed by atoms with Gasteiger partial charge in [-0.15, -0.1) is 0 Å². The molecule has 0 aromatic heterocycles. The maximum absolute atomic E-state index is 12.0. The maximum atomic E-state index is 12.0. The van der Waals surface area contributed by atoms with Gasteiger partial charge in [0.2, 0.25) is 0 Å². The Balaban J connectivity index is 1.63. The quantitative estimate of drug-likeness (QED) is 0.820. The summed E-state index contributed by atoms with van der Waals surface area (Å²) >= 11 is 3.56. The molecule has 1 unspecified atom stereocenters. The number of hydrogen-bond acceptors (Lipinski definition) is 3. The number of halogens is 1. The predicted octanol–water partition coefficient (Wildman–Crippen LogP) is 4.62. The molecule has 0 aliphatic carbocycles. The molecule has 120 valence electrons. The second kappa shape index (κ2) is 7.15. The van der Waals surface area contributed by atoms with Gasteiger partial charge >= 0.3 is 0 Å². The third-order valence-corrected chi connectivity index (χ3v) is 4.43. The molecule has 0 bridgehead atoms. The smallest absolute Gasteiger partial charge is 0.253 e. The number of amides is 1. The molecule has 0 spiro atoms. The average Bonchev–Trinajstić information content (AvgIpc) is 3.06. The van der Waals surface area contributed by atoms with E-state index in [9.17, 15) is 4.79 Å². The van der Waals surface area contributed by atoms with E-state index in [1.54, 1.807) is 0 Å². The number of aryl methyl sites for hydroxylation is 1. The highest BCUT2D eigenvalue weighted by atomic mass is 79.9. The third kappa shape index (κ3) is 4.12. The van der Waals surface area contributed by atoms with Crippen molar-refractivity contribution >= 4 is 38.9 Å². The van der Waals surface area contributed by atoms with Crippen LogP contribution in [-0.4, -0.2) is 18.6 Å². The Bertz CT molecular complexity index is 695. The van der Waals surface area contributed by atoms with E-state index in [0.29, 0.717) is 6.61 Å². The second-order valence-corrected chi connectivity index (χ2v) is 6.53. The van der Waals surface area contributed by atoms with Gasteiger partial charge in [-0.25, -0.2) is 0 Å². The van der Waals surface area contributed by atoms with Crippen molar-refractivity contribution < 1.29 is 9.53 Å². The standard InChI is InChI=1S/C18H19BrN2O2/c1-12-4-9-16(15(19)11-12)20-13-5-7-14(8-6-13)21-18(22)17-3-2-10-23-17/h4-9,11,17,20H,2-3,10H2,1H3,(H,21,22). The van der Waals surface area contributed by atoms with Crippen LogP contribution in [0, 0.1) is 6.92 Å². The predicted molar refractivity (Wildman–Crippen MR) is 96.2 cm³/mol. The van der Waals surface area contributed by atoms with E-state index in [4.69, 9.17) is 4.74 Å². The number of hydrogen-bond donors (Lipinski definition) is 2. The van der Waals surface area contributed by atoms with E-state index in [0.717, 1.165) is 34.4 Å². The molecule has 2 aromatic carbocycles. The van der Waals surface area contributed by atoms with Gasteiger partial charge in [0.15, 0.2) is 0 Å². The Hall–Kier alpha value is -1.85. The number of nitrogens with one attached hydrogen (secondary N) is 2. The van der Waals surface area contributed by atoms with Gasteiger partial charge in [-0.05, 0) is 77.7 Å². The van der Waals surface area contributed by atoms with E-state index in [1.807, 2.05) is 30.3 Å². The minimum absolute atomic E-state index is 0.0653. The zero-order chi connectivity index (χ0) is 16.2. The summed E-state index contributed by atoms with van der Waals surface area (Å²) in [5, 5.41) is 6.24. The number of ether oxygens (including phenoxy) is 1. The molecule has 3 rings (SSSR count). The summed E-state index contributed by atoms with van der Waals surface area (Å²) in [4.78, 5) is 12.0. The van der Waals surface area contributed by atoms with Crippen molar-refractivity contribution in [2.24, 2.45) is 0 Å². The molecule has 2 aromatic rings. The molecule has 1 saturated heterocycles. The first-order valence-electron chi connectivity index (χ1n) is 7.67. The molecule has 2 N–H and O–H groups in total. The van der Waals surface area contributed by atoms with E-state index >= 15 is 0 Å². The SMILES string of the molecule is Cc1ccc(Nc2ccc(NC(=O)C3CCCO3)cc2)c(Br)c1. The molecule has 23 heavy (non-hydrogen) atoms. The van der Waals surface area contributed by atoms with Crippen molar-refractivity contribution in [1.29, 1.82) is 0 Å². The monoisotopic (exact) mass is 374 g/mol.